The van der Waals surface area contributed by atoms with E-state index >= 15 is 0 Å². The van der Waals surface area contributed by atoms with Crippen molar-refractivity contribution in [1.29, 1.82) is 0 Å². The molecule has 0 atom stereocenters. The van der Waals surface area contributed by atoms with Gasteiger partial charge in [-0.15, -0.1) is 0 Å². The molecule has 6 heterocycles. The zero-order valence-corrected chi connectivity index (χ0v) is 32.4. The molecule has 0 spiro atoms. The number of hydrogen-bond acceptors (Lipinski definition) is 3. The van der Waals surface area contributed by atoms with Gasteiger partial charge in [0.1, 0.15) is 11.6 Å². The molecule has 2 aliphatic heterocycles. The molecule has 0 unspecified atom stereocenters. The zero-order valence-electron chi connectivity index (χ0n) is 32.4. The number of fused-ring (bicyclic) bond motifs is 10. The summed E-state index contributed by atoms with van der Waals surface area (Å²) in [5.41, 5.74) is 14.2. The van der Waals surface area contributed by atoms with Crippen LogP contribution in [0.4, 0.5) is 17.2 Å². The van der Waals surface area contributed by atoms with Crippen molar-refractivity contribution in [2.45, 2.75) is 64.7 Å². The lowest BCUT2D eigenvalue weighted by atomic mass is 9.73. The van der Waals surface area contributed by atoms with Crippen LogP contribution in [0.5, 0.6) is 0 Å². The van der Waals surface area contributed by atoms with E-state index in [0.29, 0.717) is 0 Å². The zero-order chi connectivity index (χ0) is 37.6. The predicted molar refractivity (Wildman–Crippen MR) is 228 cm³/mol. The predicted octanol–water partition coefficient (Wildman–Crippen LogP) is 12.7. The van der Waals surface area contributed by atoms with E-state index in [1.807, 2.05) is 12.4 Å². The van der Waals surface area contributed by atoms with Gasteiger partial charge in [0.25, 0.3) is 0 Å². The second kappa shape index (κ2) is 10.7. The summed E-state index contributed by atoms with van der Waals surface area (Å²) in [6.45, 7) is 16.3. The molecule has 0 radical (unpaired) electrons. The third-order valence-electron chi connectivity index (χ3n) is 12.7. The molecule has 9 aromatic rings. The lowest BCUT2D eigenvalue weighted by molar-refractivity contribution is 0.581. The lowest BCUT2D eigenvalue weighted by Crippen LogP contribution is -2.31. The van der Waals surface area contributed by atoms with E-state index in [9.17, 15) is 0 Å². The van der Waals surface area contributed by atoms with Crippen molar-refractivity contribution in [3.05, 3.63) is 162 Å². The smallest absolute Gasteiger partial charge is 0.141 e. The molecule has 2 aliphatic rings. The molecular weight excluding hydrogens is 671 g/mol. The monoisotopic (exact) mass is 713 g/mol. The van der Waals surface area contributed by atoms with Gasteiger partial charge >= 0.3 is 0 Å². The molecule has 0 saturated carbocycles. The minimum Gasteiger partial charge on any atom is -0.309 e. The maximum atomic E-state index is 5.08. The lowest BCUT2D eigenvalue weighted by Gasteiger charge is -2.40. The van der Waals surface area contributed by atoms with Crippen molar-refractivity contribution in [3.8, 4) is 11.5 Å². The second-order valence-corrected chi connectivity index (χ2v) is 17.6. The standard InChI is InChI=1S/C50H43N5/c1-48(2,3)30-26-36-35-23-20-31(28-44(35)55-45(36)40(27-30)50(6,7)39-17-13-25-52-47(39)55)53-41-18-10-8-14-33(41)34-22-21-32(29-43(34)53)54-42-19-11-9-15-37(42)49(4,5)38-16-12-24-51-46(38)54/h8-29H,1-7H3. The highest BCUT2D eigenvalue weighted by atomic mass is 15.2. The first-order valence-corrected chi connectivity index (χ1v) is 19.4. The first-order chi connectivity index (χ1) is 26.4. The van der Waals surface area contributed by atoms with Crippen LogP contribution in [0.2, 0.25) is 0 Å². The molecule has 268 valence electrons. The summed E-state index contributed by atoms with van der Waals surface area (Å²) in [5.74, 6) is 2.00. The number of pyridine rings is 2. The Labute approximate surface area is 321 Å². The highest BCUT2D eigenvalue weighted by molar-refractivity contribution is 6.14. The van der Waals surface area contributed by atoms with E-state index in [-0.39, 0.29) is 16.2 Å². The van der Waals surface area contributed by atoms with Gasteiger partial charge in [0.2, 0.25) is 0 Å². The Morgan fingerprint density at radius 1 is 0.473 bits per heavy atom. The average Bonchev–Trinajstić information content (AvgIpc) is 3.69. The second-order valence-electron chi connectivity index (χ2n) is 17.6. The van der Waals surface area contributed by atoms with E-state index in [1.54, 1.807) is 0 Å². The number of benzene rings is 5. The fraction of sp³-hybridized carbons (Fsp3) is 0.200. The molecule has 5 nitrogen and oxygen atoms in total. The van der Waals surface area contributed by atoms with Crippen LogP contribution in [0, 0.1) is 0 Å². The third kappa shape index (κ3) is 4.24. The summed E-state index contributed by atoms with van der Waals surface area (Å²) in [4.78, 5) is 12.5. The molecule has 0 N–H and O–H groups in total. The summed E-state index contributed by atoms with van der Waals surface area (Å²) < 4.78 is 4.89. The summed E-state index contributed by atoms with van der Waals surface area (Å²) in [7, 11) is 0. The van der Waals surface area contributed by atoms with E-state index in [2.05, 4.69) is 184 Å². The van der Waals surface area contributed by atoms with Gasteiger partial charge in [0.05, 0.1) is 27.8 Å². The Kier molecular flexibility index (Phi) is 6.29. The Hall–Kier alpha value is -6.20. The van der Waals surface area contributed by atoms with Crippen LogP contribution in [-0.4, -0.2) is 19.1 Å². The maximum absolute atomic E-state index is 5.08. The van der Waals surface area contributed by atoms with Gasteiger partial charge in [-0.2, -0.15) is 0 Å². The van der Waals surface area contributed by atoms with Crippen molar-refractivity contribution < 1.29 is 0 Å². The van der Waals surface area contributed by atoms with Crippen LogP contribution in [0.15, 0.2) is 134 Å². The molecular formula is C50H43N5. The van der Waals surface area contributed by atoms with E-state index in [4.69, 9.17) is 9.97 Å². The van der Waals surface area contributed by atoms with Crippen molar-refractivity contribution in [3.63, 3.8) is 0 Å². The molecule has 4 aromatic heterocycles. The highest BCUT2D eigenvalue weighted by Crippen LogP contribution is 2.52. The molecule has 0 bridgehead atoms. The molecule has 11 rings (SSSR count). The van der Waals surface area contributed by atoms with Gasteiger partial charge in [-0.1, -0.05) is 115 Å². The molecule has 55 heavy (non-hydrogen) atoms. The van der Waals surface area contributed by atoms with E-state index < -0.39 is 0 Å². The SMILES string of the molecule is CC(C)(C)c1cc2c3c(c1)c1ccc(-n4c5ccccc5c5ccc(N6c7ccccc7C(C)(C)c7cccnc76)cc54)cc1n3-c1ncccc1C2(C)C. The van der Waals surface area contributed by atoms with Crippen LogP contribution in [0.3, 0.4) is 0 Å². The Balaban J connectivity index is 1.20. The summed E-state index contributed by atoms with van der Waals surface area (Å²) in [6, 6.07) is 45.1. The van der Waals surface area contributed by atoms with Gasteiger partial charge < -0.3 is 4.57 Å². The van der Waals surface area contributed by atoms with Crippen LogP contribution >= 0.6 is 0 Å². The number of hydrogen-bond donors (Lipinski definition) is 0. The maximum Gasteiger partial charge on any atom is 0.141 e. The number of anilines is 3. The largest absolute Gasteiger partial charge is 0.309 e. The Morgan fingerprint density at radius 2 is 1.05 bits per heavy atom. The molecule has 0 saturated heterocycles. The Morgan fingerprint density at radius 3 is 1.84 bits per heavy atom. The molecule has 0 fully saturated rings. The fourth-order valence-corrected chi connectivity index (χ4v) is 9.77. The van der Waals surface area contributed by atoms with Crippen LogP contribution in [-0.2, 0) is 16.2 Å². The fourth-order valence-electron chi connectivity index (χ4n) is 9.77. The van der Waals surface area contributed by atoms with Crippen molar-refractivity contribution in [2.24, 2.45) is 0 Å². The number of para-hydroxylation sites is 2. The van der Waals surface area contributed by atoms with Gasteiger partial charge in [0.15, 0.2) is 0 Å². The average molecular weight is 714 g/mol. The van der Waals surface area contributed by atoms with Crippen molar-refractivity contribution in [2.75, 3.05) is 4.90 Å². The number of aromatic nitrogens is 4. The molecule has 0 aliphatic carbocycles. The van der Waals surface area contributed by atoms with Gasteiger partial charge in [-0.05, 0) is 76.7 Å². The molecule has 0 amide bonds. The molecule has 5 heteroatoms. The topological polar surface area (TPSA) is 38.9 Å². The summed E-state index contributed by atoms with van der Waals surface area (Å²) >= 11 is 0. The Bertz CT molecular complexity index is 3040. The van der Waals surface area contributed by atoms with Crippen molar-refractivity contribution in [1.82, 2.24) is 19.1 Å². The minimum absolute atomic E-state index is 0.00564. The molecule has 5 aromatic carbocycles. The van der Waals surface area contributed by atoms with Gasteiger partial charge in [0, 0.05) is 67.3 Å². The summed E-state index contributed by atoms with van der Waals surface area (Å²) in [5, 5.41) is 4.99. The highest BCUT2D eigenvalue weighted by Gasteiger charge is 2.39. The normalized spacial score (nSPS) is 15.4. The first kappa shape index (κ1) is 32.2. The van der Waals surface area contributed by atoms with E-state index in [0.717, 1.165) is 28.5 Å². The van der Waals surface area contributed by atoms with E-state index in [1.165, 1.54) is 71.6 Å². The quantitative estimate of drug-likeness (QED) is 0.179. The number of nitrogens with zero attached hydrogens (tertiary/aromatic N) is 5. The third-order valence-corrected chi connectivity index (χ3v) is 12.7. The van der Waals surface area contributed by atoms with Gasteiger partial charge in [-0.3, -0.25) is 9.47 Å². The van der Waals surface area contributed by atoms with Gasteiger partial charge in [-0.25, -0.2) is 9.97 Å². The first-order valence-electron chi connectivity index (χ1n) is 19.4. The van der Waals surface area contributed by atoms with Crippen LogP contribution < -0.4 is 4.90 Å². The van der Waals surface area contributed by atoms with Crippen molar-refractivity contribution >= 4 is 60.8 Å². The number of rotatable bonds is 2. The summed E-state index contributed by atoms with van der Waals surface area (Å²) in [6.07, 6.45) is 3.85. The van der Waals surface area contributed by atoms with Crippen LogP contribution in [0.1, 0.15) is 76.3 Å². The minimum atomic E-state index is -0.199. The van der Waals surface area contributed by atoms with Crippen LogP contribution in [0.25, 0.3) is 55.1 Å².